The number of hydrogen-bond acceptors (Lipinski definition) is 4. The summed E-state index contributed by atoms with van der Waals surface area (Å²) >= 11 is 0. The van der Waals surface area contributed by atoms with Gasteiger partial charge in [0, 0.05) is 6.54 Å². The molecule has 1 amide bonds. The van der Waals surface area contributed by atoms with Gasteiger partial charge in [-0.25, -0.2) is 13.6 Å². The summed E-state index contributed by atoms with van der Waals surface area (Å²) in [5, 5.41) is 3.21. The summed E-state index contributed by atoms with van der Waals surface area (Å²) in [4.78, 5) is 26.3. The summed E-state index contributed by atoms with van der Waals surface area (Å²) in [7, 11) is 0. The monoisotopic (exact) mass is 374 g/mol. The van der Waals surface area contributed by atoms with Crippen molar-refractivity contribution in [3.63, 3.8) is 0 Å². The number of carbonyl (C=O) groups excluding carboxylic acids is 2. The van der Waals surface area contributed by atoms with Gasteiger partial charge >= 0.3 is 5.97 Å². The molecule has 0 saturated heterocycles. The highest BCUT2D eigenvalue weighted by Crippen LogP contribution is 2.34. The minimum Gasteiger partial charge on any atom is -0.462 e. The van der Waals surface area contributed by atoms with Crippen LogP contribution in [0.3, 0.4) is 0 Å². The molecule has 2 aromatic carbocycles. The average molecular weight is 374 g/mol. The van der Waals surface area contributed by atoms with E-state index in [1.165, 1.54) is 6.07 Å². The van der Waals surface area contributed by atoms with Gasteiger partial charge < -0.3 is 15.0 Å². The summed E-state index contributed by atoms with van der Waals surface area (Å²) in [6.45, 7) is 4.03. The lowest BCUT2D eigenvalue weighted by Gasteiger charge is -2.39. The summed E-state index contributed by atoms with van der Waals surface area (Å²) in [5.41, 5.74) is 0.838. The Morgan fingerprint density at radius 2 is 1.89 bits per heavy atom. The number of amides is 1. The highest BCUT2D eigenvalue weighted by atomic mass is 19.2. The normalized spacial score (nSPS) is 15.1. The minimum absolute atomic E-state index is 0.0532. The molecule has 0 aliphatic carbocycles. The van der Waals surface area contributed by atoms with Crippen molar-refractivity contribution in [2.24, 2.45) is 0 Å². The maximum Gasteiger partial charge on any atom is 0.338 e. The van der Waals surface area contributed by atoms with E-state index < -0.39 is 23.1 Å². The second kappa shape index (κ2) is 7.34. The largest absolute Gasteiger partial charge is 0.462 e. The van der Waals surface area contributed by atoms with Crippen LogP contribution in [0.5, 0.6) is 0 Å². The van der Waals surface area contributed by atoms with Crippen LogP contribution in [0.2, 0.25) is 0 Å². The predicted molar refractivity (Wildman–Crippen MR) is 97.8 cm³/mol. The van der Waals surface area contributed by atoms with Gasteiger partial charge in [0.15, 0.2) is 11.6 Å². The van der Waals surface area contributed by atoms with Gasteiger partial charge in [-0.3, -0.25) is 4.79 Å². The fraction of sp³-hybridized carbons (Fsp3) is 0.300. The van der Waals surface area contributed by atoms with Gasteiger partial charge in [-0.1, -0.05) is 12.1 Å². The van der Waals surface area contributed by atoms with Crippen molar-refractivity contribution < 1.29 is 23.1 Å². The molecular formula is C20H20F2N2O3. The molecule has 7 heteroatoms. The smallest absolute Gasteiger partial charge is 0.338 e. The fourth-order valence-corrected chi connectivity index (χ4v) is 2.97. The number of para-hydroxylation sites is 2. The van der Waals surface area contributed by atoms with Gasteiger partial charge in [0.2, 0.25) is 0 Å². The van der Waals surface area contributed by atoms with Gasteiger partial charge in [0.1, 0.15) is 5.54 Å². The number of rotatable bonds is 5. The van der Waals surface area contributed by atoms with Crippen LogP contribution in [0.4, 0.5) is 20.2 Å². The first-order chi connectivity index (χ1) is 12.8. The average Bonchev–Trinajstić information content (AvgIpc) is 2.63. The SMILES string of the molecule is CC1(C)Nc2ccccc2N(CCCOC(=O)c2ccc(F)c(F)c2)C1=O. The summed E-state index contributed by atoms with van der Waals surface area (Å²) in [5.74, 6) is -2.94. The Morgan fingerprint density at radius 1 is 1.15 bits per heavy atom. The van der Waals surface area contributed by atoms with Gasteiger partial charge in [0.05, 0.1) is 23.5 Å². The molecule has 3 rings (SSSR count). The molecule has 2 aromatic rings. The molecule has 1 aliphatic rings. The molecule has 0 atom stereocenters. The lowest BCUT2D eigenvalue weighted by Crippen LogP contribution is -2.54. The van der Waals surface area contributed by atoms with Crippen molar-refractivity contribution in [2.75, 3.05) is 23.4 Å². The Morgan fingerprint density at radius 3 is 2.63 bits per heavy atom. The molecule has 0 bridgehead atoms. The zero-order chi connectivity index (χ0) is 19.6. The van der Waals surface area contributed by atoms with E-state index >= 15 is 0 Å². The number of nitrogens with zero attached hydrogens (tertiary/aromatic N) is 1. The zero-order valence-corrected chi connectivity index (χ0v) is 15.1. The number of fused-ring (bicyclic) bond motifs is 1. The van der Waals surface area contributed by atoms with Crippen molar-refractivity contribution >= 4 is 23.3 Å². The van der Waals surface area contributed by atoms with Crippen LogP contribution in [0, 0.1) is 11.6 Å². The molecule has 1 heterocycles. The molecule has 0 unspecified atom stereocenters. The molecule has 0 radical (unpaired) electrons. The lowest BCUT2D eigenvalue weighted by molar-refractivity contribution is -0.122. The van der Waals surface area contributed by atoms with Crippen LogP contribution in [-0.4, -0.2) is 30.6 Å². The van der Waals surface area contributed by atoms with Crippen LogP contribution in [0.25, 0.3) is 0 Å². The first-order valence-corrected chi connectivity index (χ1v) is 8.61. The molecule has 0 aromatic heterocycles. The van der Waals surface area contributed by atoms with E-state index in [2.05, 4.69) is 5.32 Å². The maximum absolute atomic E-state index is 13.2. The second-order valence-corrected chi connectivity index (χ2v) is 6.84. The van der Waals surface area contributed by atoms with E-state index in [4.69, 9.17) is 4.74 Å². The highest BCUT2D eigenvalue weighted by Gasteiger charge is 2.38. The predicted octanol–water partition coefficient (Wildman–Crippen LogP) is 3.75. The highest BCUT2D eigenvalue weighted by molar-refractivity contribution is 6.07. The van der Waals surface area contributed by atoms with Crippen LogP contribution in [-0.2, 0) is 9.53 Å². The molecule has 27 heavy (non-hydrogen) atoms. The summed E-state index contributed by atoms with van der Waals surface area (Å²) in [6.07, 6.45) is 0.408. The van der Waals surface area contributed by atoms with Crippen LogP contribution >= 0.6 is 0 Å². The molecule has 1 aliphatic heterocycles. The molecule has 5 nitrogen and oxygen atoms in total. The molecule has 0 fully saturated rings. The van der Waals surface area contributed by atoms with E-state index in [0.29, 0.717) is 13.0 Å². The summed E-state index contributed by atoms with van der Waals surface area (Å²) < 4.78 is 31.2. The van der Waals surface area contributed by atoms with Gasteiger partial charge in [-0.05, 0) is 50.6 Å². The fourth-order valence-electron chi connectivity index (χ4n) is 2.97. The van der Waals surface area contributed by atoms with Gasteiger partial charge in [-0.2, -0.15) is 0 Å². The van der Waals surface area contributed by atoms with Gasteiger partial charge in [-0.15, -0.1) is 0 Å². The third kappa shape index (κ3) is 3.92. The lowest BCUT2D eigenvalue weighted by atomic mass is 9.98. The second-order valence-electron chi connectivity index (χ2n) is 6.84. The van der Waals surface area contributed by atoms with Crippen molar-refractivity contribution in [3.05, 3.63) is 59.7 Å². The Kier molecular flexibility index (Phi) is 5.12. The third-order valence-electron chi connectivity index (χ3n) is 4.34. The Hall–Kier alpha value is -2.96. The van der Waals surface area contributed by atoms with Gasteiger partial charge in [0.25, 0.3) is 5.91 Å². The van der Waals surface area contributed by atoms with Crippen molar-refractivity contribution in [2.45, 2.75) is 25.8 Å². The molecular weight excluding hydrogens is 354 g/mol. The number of nitrogens with one attached hydrogen (secondary N) is 1. The molecule has 1 N–H and O–H groups in total. The van der Waals surface area contributed by atoms with Crippen molar-refractivity contribution in [1.82, 2.24) is 0 Å². The van der Waals surface area contributed by atoms with Crippen LogP contribution in [0.15, 0.2) is 42.5 Å². The Balaban J connectivity index is 1.60. The number of carbonyl (C=O) groups is 2. The van der Waals surface area contributed by atoms with E-state index in [0.717, 1.165) is 23.5 Å². The number of ether oxygens (including phenoxy) is 1. The Labute approximate surface area is 155 Å². The van der Waals surface area contributed by atoms with Crippen LogP contribution < -0.4 is 10.2 Å². The number of hydrogen-bond donors (Lipinski definition) is 1. The standard InChI is InChI=1S/C20H20F2N2O3/c1-20(2)19(26)24(17-7-4-3-6-16(17)23-20)10-5-11-27-18(25)13-8-9-14(21)15(22)12-13/h3-4,6-9,12,23H,5,10-11H2,1-2H3. The van der Waals surface area contributed by atoms with Crippen molar-refractivity contribution in [1.29, 1.82) is 0 Å². The van der Waals surface area contributed by atoms with E-state index in [1.807, 2.05) is 24.3 Å². The first kappa shape index (κ1) is 18.8. The van der Waals surface area contributed by atoms with E-state index in [9.17, 15) is 18.4 Å². The van der Waals surface area contributed by atoms with E-state index in [1.54, 1.807) is 18.7 Å². The molecule has 0 spiro atoms. The number of esters is 1. The maximum atomic E-state index is 13.2. The Bertz CT molecular complexity index is 883. The molecule has 0 saturated carbocycles. The summed E-state index contributed by atoms with van der Waals surface area (Å²) in [6, 6.07) is 10.3. The number of benzene rings is 2. The number of anilines is 2. The molecule has 142 valence electrons. The van der Waals surface area contributed by atoms with Crippen molar-refractivity contribution in [3.8, 4) is 0 Å². The third-order valence-corrected chi connectivity index (χ3v) is 4.34. The topological polar surface area (TPSA) is 58.6 Å². The minimum atomic E-state index is -1.10. The first-order valence-electron chi connectivity index (χ1n) is 8.61. The number of halogens is 2. The quantitative estimate of drug-likeness (QED) is 0.640. The zero-order valence-electron chi connectivity index (χ0n) is 15.1. The van der Waals surface area contributed by atoms with E-state index in [-0.39, 0.29) is 18.1 Å². The van der Waals surface area contributed by atoms with Crippen LogP contribution in [0.1, 0.15) is 30.6 Å².